The molecule has 2 heterocycles. The van der Waals surface area contributed by atoms with Crippen LogP contribution in [-0.4, -0.2) is 20.1 Å². The van der Waals surface area contributed by atoms with Crippen molar-refractivity contribution in [1.29, 1.82) is 0 Å². The second-order valence-electron chi connectivity index (χ2n) is 4.44. The van der Waals surface area contributed by atoms with Crippen LogP contribution in [0.3, 0.4) is 0 Å². The topological polar surface area (TPSA) is 76.0 Å². The zero-order chi connectivity index (χ0) is 14.1. The summed E-state index contributed by atoms with van der Waals surface area (Å²) in [6.45, 7) is 1.85. The summed E-state index contributed by atoms with van der Waals surface area (Å²) in [5.41, 5.74) is 2.45. The quantitative estimate of drug-likeness (QED) is 0.729. The smallest absolute Gasteiger partial charge is 0.220 e. The van der Waals surface area contributed by atoms with Gasteiger partial charge < -0.3 is 5.11 Å². The first-order valence-electron chi connectivity index (χ1n) is 6.07. The molecule has 0 radical (unpaired) electrons. The molecule has 0 aliphatic rings. The SMILES string of the molecule is Cc1ccc(=O)c(O)c(-c2ccc3nccnc3n2)c1. The third-order valence-electron chi connectivity index (χ3n) is 2.97. The summed E-state index contributed by atoms with van der Waals surface area (Å²) in [7, 11) is 0. The summed E-state index contributed by atoms with van der Waals surface area (Å²) in [6.07, 6.45) is 3.14. The summed E-state index contributed by atoms with van der Waals surface area (Å²) >= 11 is 0. The molecule has 0 fully saturated rings. The van der Waals surface area contributed by atoms with Crippen molar-refractivity contribution in [2.45, 2.75) is 6.92 Å². The number of aryl methyl sites for hydroxylation is 1. The molecular formula is C15H11N3O2. The van der Waals surface area contributed by atoms with Gasteiger partial charge in [0.15, 0.2) is 11.4 Å². The van der Waals surface area contributed by atoms with E-state index in [0.717, 1.165) is 5.56 Å². The molecule has 0 unspecified atom stereocenters. The maximum absolute atomic E-state index is 11.7. The van der Waals surface area contributed by atoms with Gasteiger partial charge in [-0.05, 0) is 31.2 Å². The van der Waals surface area contributed by atoms with Gasteiger partial charge in [-0.2, -0.15) is 0 Å². The molecule has 0 saturated carbocycles. The van der Waals surface area contributed by atoms with Crippen LogP contribution in [0.2, 0.25) is 0 Å². The molecule has 3 aromatic rings. The first-order chi connectivity index (χ1) is 9.65. The van der Waals surface area contributed by atoms with Crippen molar-refractivity contribution in [3.63, 3.8) is 0 Å². The van der Waals surface area contributed by atoms with Gasteiger partial charge in [0.05, 0.1) is 5.69 Å². The third-order valence-corrected chi connectivity index (χ3v) is 2.97. The van der Waals surface area contributed by atoms with Gasteiger partial charge in [-0.3, -0.25) is 9.78 Å². The van der Waals surface area contributed by atoms with Gasteiger partial charge >= 0.3 is 0 Å². The molecule has 3 rings (SSSR count). The van der Waals surface area contributed by atoms with Gasteiger partial charge in [0.2, 0.25) is 5.43 Å². The highest BCUT2D eigenvalue weighted by molar-refractivity contribution is 5.76. The molecule has 5 heteroatoms. The summed E-state index contributed by atoms with van der Waals surface area (Å²) in [4.78, 5) is 24.3. The Balaban J connectivity index is 2.31. The van der Waals surface area contributed by atoms with Crippen LogP contribution in [-0.2, 0) is 0 Å². The first-order valence-corrected chi connectivity index (χ1v) is 6.07. The van der Waals surface area contributed by atoms with E-state index in [2.05, 4.69) is 15.0 Å². The van der Waals surface area contributed by atoms with Crippen LogP contribution in [0.4, 0.5) is 0 Å². The van der Waals surface area contributed by atoms with Crippen molar-refractivity contribution in [3.8, 4) is 17.0 Å². The fourth-order valence-electron chi connectivity index (χ4n) is 1.96. The molecule has 0 bridgehead atoms. The monoisotopic (exact) mass is 265 g/mol. The van der Waals surface area contributed by atoms with Crippen molar-refractivity contribution in [3.05, 3.63) is 58.5 Å². The lowest BCUT2D eigenvalue weighted by Gasteiger charge is -2.02. The van der Waals surface area contributed by atoms with Gasteiger partial charge in [0, 0.05) is 18.0 Å². The molecule has 5 nitrogen and oxygen atoms in total. The van der Waals surface area contributed by atoms with Crippen molar-refractivity contribution < 1.29 is 5.11 Å². The Kier molecular flexibility index (Phi) is 2.87. The van der Waals surface area contributed by atoms with E-state index in [-0.39, 0.29) is 5.75 Å². The molecular weight excluding hydrogens is 254 g/mol. The zero-order valence-electron chi connectivity index (χ0n) is 10.7. The molecule has 0 aliphatic carbocycles. The highest BCUT2D eigenvalue weighted by atomic mass is 16.3. The number of aromatic nitrogens is 3. The average molecular weight is 265 g/mol. The van der Waals surface area contributed by atoms with Crippen LogP contribution in [0.25, 0.3) is 22.4 Å². The Morgan fingerprint density at radius 1 is 1.05 bits per heavy atom. The van der Waals surface area contributed by atoms with Crippen LogP contribution in [0.5, 0.6) is 5.75 Å². The van der Waals surface area contributed by atoms with Gasteiger partial charge in [-0.15, -0.1) is 0 Å². The summed E-state index contributed by atoms with van der Waals surface area (Å²) in [6, 6.07) is 8.20. The number of hydrogen-bond donors (Lipinski definition) is 1. The highest BCUT2D eigenvalue weighted by Crippen LogP contribution is 2.25. The van der Waals surface area contributed by atoms with Crippen LogP contribution >= 0.6 is 0 Å². The lowest BCUT2D eigenvalue weighted by Crippen LogP contribution is -1.96. The maximum Gasteiger partial charge on any atom is 0.220 e. The summed E-state index contributed by atoms with van der Waals surface area (Å²) in [5.74, 6) is -0.311. The van der Waals surface area contributed by atoms with Crippen LogP contribution in [0.1, 0.15) is 5.56 Å². The van der Waals surface area contributed by atoms with Crippen LogP contribution in [0, 0.1) is 6.92 Å². The summed E-state index contributed by atoms with van der Waals surface area (Å²) in [5, 5.41) is 10.0. The number of nitrogens with zero attached hydrogens (tertiary/aromatic N) is 3. The minimum atomic E-state index is -0.436. The Morgan fingerprint density at radius 2 is 1.85 bits per heavy atom. The van der Waals surface area contributed by atoms with E-state index < -0.39 is 5.43 Å². The molecule has 0 atom stereocenters. The third kappa shape index (κ3) is 2.09. The van der Waals surface area contributed by atoms with Gasteiger partial charge in [-0.25, -0.2) is 9.97 Å². The van der Waals surface area contributed by atoms with E-state index in [0.29, 0.717) is 22.4 Å². The second kappa shape index (κ2) is 4.70. The summed E-state index contributed by atoms with van der Waals surface area (Å²) < 4.78 is 0. The zero-order valence-corrected chi connectivity index (χ0v) is 10.7. The fourth-order valence-corrected chi connectivity index (χ4v) is 1.96. The Bertz CT molecular complexity index is 863. The molecule has 0 amide bonds. The van der Waals surface area contributed by atoms with E-state index in [1.165, 1.54) is 6.07 Å². The molecule has 1 N–H and O–H groups in total. The Hall–Kier alpha value is -2.82. The standard InChI is InChI=1S/C15H11N3O2/c1-9-2-5-13(19)14(20)10(8-9)11-3-4-12-15(18-11)17-7-6-16-12/h2-8H,1H3,(H,19,20). The molecule has 0 spiro atoms. The predicted molar refractivity (Wildman–Crippen MR) is 75.4 cm³/mol. The minimum absolute atomic E-state index is 0.311. The minimum Gasteiger partial charge on any atom is -0.504 e. The molecule has 0 aliphatic heterocycles. The second-order valence-corrected chi connectivity index (χ2v) is 4.44. The van der Waals surface area contributed by atoms with Gasteiger partial charge in [0.1, 0.15) is 5.52 Å². The Morgan fingerprint density at radius 3 is 2.70 bits per heavy atom. The van der Waals surface area contributed by atoms with Crippen LogP contribution < -0.4 is 5.43 Å². The van der Waals surface area contributed by atoms with Crippen LogP contribution in [0.15, 0.2) is 47.5 Å². The molecule has 2 aromatic heterocycles. The molecule has 1 aromatic carbocycles. The normalized spacial score (nSPS) is 10.7. The van der Waals surface area contributed by atoms with Crippen molar-refractivity contribution in [2.75, 3.05) is 0 Å². The maximum atomic E-state index is 11.7. The van der Waals surface area contributed by atoms with E-state index in [4.69, 9.17) is 0 Å². The number of hydrogen-bond acceptors (Lipinski definition) is 5. The lowest BCUT2D eigenvalue weighted by molar-refractivity contribution is 0.473. The largest absolute Gasteiger partial charge is 0.504 e. The van der Waals surface area contributed by atoms with Gasteiger partial charge in [0.25, 0.3) is 0 Å². The molecule has 20 heavy (non-hydrogen) atoms. The molecule has 98 valence electrons. The van der Waals surface area contributed by atoms with Crippen molar-refractivity contribution >= 4 is 11.2 Å². The van der Waals surface area contributed by atoms with E-state index in [1.807, 2.05) is 6.92 Å². The van der Waals surface area contributed by atoms with Crippen molar-refractivity contribution in [1.82, 2.24) is 15.0 Å². The predicted octanol–water partition coefficient (Wildman–Crippen LogP) is 2.07. The van der Waals surface area contributed by atoms with E-state index in [1.54, 1.807) is 36.7 Å². The van der Waals surface area contributed by atoms with Gasteiger partial charge in [-0.1, -0.05) is 11.6 Å². The highest BCUT2D eigenvalue weighted by Gasteiger charge is 2.09. The Labute approximate surface area is 114 Å². The number of rotatable bonds is 1. The van der Waals surface area contributed by atoms with E-state index >= 15 is 0 Å². The van der Waals surface area contributed by atoms with E-state index in [9.17, 15) is 9.90 Å². The average Bonchev–Trinajstić information content (AvgIpc) is 2.60. The first kappa shape index (κ1) is 12.2. The van der Waals surface area contributed by atoms with Crippen molar-refractivity contribution in [2.24, 2.45) is 0 Å². The number of pyridine rings is 1. The number of aromatic hydroxyl groups is 1. The fraction of sp³-hybridized carbons (Fsp3) is 0.0667. The molecule has 0 saturated heterocycles. The number of fused-ring (bicyclic) bond motifs is 1. The lowest BCUT2D eigenvalue weighted by atomic mass is 10.1.